The zero-order valence-electron chi connectivity index (χ0n) is 10.3. The molecule has 1 aliphatic heterocycles. The van der Waals surface area contributed by atoms with E-state index in [2.05, 4.69) is 0 Å². The summed E-state index contributed by atoms with van der Waals surface area (Å²) in [7, 11) is 1.69. The Morgan fingerprint density at radius 1 is 1.39 bits per heavy atom. The van der Waals surface area contributed by atoms with Crippen molar-refractivity contribution in [3.05, 3.63) is 29.3 Å². The average Bonchev–Trinajstić information content (AvgIpc) is 2.33. The first-order chi connectivity index (χ1) is 8.34. The summed E-state index contributed by atoms with van der Waals surface area (Å²) in [5, 5.41) is 18.9. The van der Waals surface area contributed by atoms with Crippen LogP contribution in [0.2, 0.25) is 0 Å². The molecule has 1 aromatic carbocycles. The van der Waals surface area contributed by atoms with Gasteiger partial charge in [0.2, 0.25) is 5.91 Å². The van der Waals surface area contributed by atoms with Crippen molar-refractivity contribution in [1.29, 1.82) is 0 Å². The molecule has 0 bridgehead atoms. The Morgan fingerprint density at radius 3 is 2.67 bits per heavy atom. The zero-order valence-corrected chi connectivity index (χ0v) is 10.3. The smallest absolute Gasteiger partial charge is 0.340 e. The maximum Gasteiger partial charge on any atom is 0.340 e. The number of amides is 1. The van der Waals surface area contributed by atoms with Crippen LogP contribution in [0.4, 0.5) is 5.69 Å². The van der Waals surface area contributed by atoms with E-state index in [9.17, 15) is 14.7 Å². The number of rotatable bonds is 2. The number of fused-ring (bicyclic) bond motifs is 1. The van der Waals surface area contributed by atoms with Crippen LogP contribution in [-0.2, 0) is 21.6 Å². The third-order valence-electron chi connectivity index (χ3n) is 3.40. The molecule has 0 saturated heterocycles. The van der Waals surface area contributed by atoms with Gasteiger partial charge in [-0.1, -0.05) is 12.1 Å². The predicted octanol–water partition coefficient (Wildman–Crippen LogP) is 0.888. The van der Waals surface area contributed by atoms with Gasteiger partial charge in [0.1, 0.15) is 0 Å². The molecule has 18 heavy (non-hydrogen) atoms. The van der Waals surface area contributed by atoms with E-state index in [0.29, 0.717) is 18.4 Å². The van der Waals surface area contributed by atoms with Crippen LogP contribution in [0.1, 0.15) is 24.5 Å². The second-order valence-corrected chi connectivity index (χ2v) is 4.67. The van der Waals surface area contributed by atoms with Crippen molar-refractivity contribution in [2.75, 3.05) is 11.9 Å². The Kier molecular flexibility index (Phi) is 2.86. The van der Waals surface area contributed by atoms with Crippen molar-refractivity contribution in [3.8, 4) is 0 Å². The monoisotopic (exact) mass is 249 g/mol. The number of aliphatic hydroxyl groups is 1. The molecule has 0 fully saturated rings. The quantitative estimate of drug-likeness (QED) is 0.816. The minimum absolute atomic E-state index is 0.0419. The normalized spacial score (nSPS) is 18.2. The number of aliphatic carboxylic acids is 1. The number of benzene rings is 1. The molecule has 5 heteroatoms. The van der Waals surface area contributed by atoms with Gasteiger partial charge in [-0.25, -0.2) is 4.79 Å². The summed E-state index contributed by atoms with van der Waals surface area (Å²) in [5.41, 5.74) is 0.0820. The Labute approximate surface area is 105 Å². The van der Waals surface area contributed by atoms with E-state index in [0.717, 1.165) is 11.3 Å². The predicted molar refractivity (Wildman–Crippen MR) is 65.4 cm³/mol. The van der Waals surface area contributed by atoms with Crippen LogP contribution < -0.4 is 4.90 Å². The maximum absolute atomic E-state index is 11.5. The Balaban J connectivity index is 2.46. The first-order valence-electron chi connectivity index (χ1n) is 5.70. The van der Waals surface area contributed by atoms with Crippen molar-refractivity contribution in [2.24, 2.45) is 0 Å². The Hall–Kier alpha value is -1.88. The lowest BCUT2D eigenvalue weighted by Crippen LogP contribution is -2.34. The lowest BCUT2D eigenvalue weighted by Gasteiger charge is -2.28. The molecule has 2 N–H and O–H groups in total. The number of anilines is 1. The molecule has 1 atom stereocenters. The van der Waals surface area contributed by atoms with Gasteiger partial charge in [0.25, 0.3) is 0 Å². The number of carboxylic acid groups (broad SMARTS) is 1. The lowest BCUT2D eigenvalue weighted by atomic mass is 9.91. The van der Waals surface area contributed by atoms with Gasteiger partial charge in [-0.3, -0.25) is 4.79 Å². The van der Waals surface area contributed by atoms with Crippen molar-refractivity contribution < 1.29 is 19.8 Å². The molecule has 0 spiro atoms. The molecular weight excluding hydrogens is 234 g/mol. The molecule has 1 aromatic rings. The van der Waals surface area contributed by atoms with Crippen LogP contribution >= 0.6 is 0 Å². The fourth-order valence-corrected chi connectivity index (χ4v) is 2.08. The number of aryl methyl sites for hydroxylation is 1. The molecule has 5 nitrogen and oxygen atoms in total. The topological polar surface area (TPSA) is 77.8 Å². The molecule has 0 aromatic heterocycles. The van der Waals surface area contributed by atoms with Crippen molar-refractivity contribution >= 4 is 17.6 Å². The second kappa shape index (κ2) is 4.10. The lowest BCUT2D eigenvalue weighted by molar-refractivity contribution is -0.157. The summed E-state index contributed by atoms with van der Waals surface area (Å²) >= 11 is 0. The SMILES string of the molecule is CN1C(=O)CCc2cc(C(C)(O)C(=O)O)ccc21. The number of nitrogens with zero attached hydrogens (tertiary/aromatic N) is 1. The molecule has 0 saturated carbocycles. The maximum atomic E-state index is 11.5. The molecule has 1 aliphatic rings. The summed E-state index contributed by atoms with van der Waals surface area (Å²) in [6.07, 6.45) is 0.976. The van der Waals surface area contributed by atoms with Gasteiger partial charge in [-0.15, -0.1) is 0 Å². The number of hydrogen-bond donors (Lipinski definition) is 2. The first kappa shape index (κ1) is 12.6. The van der Waals surface area contributed by atoms with E-state index >= 15 is 0 Å². The third-order valence-corrected chi connectivity index (χ3v) is 3.40. The summed E-state index contributed by atoms with van der Waals surface area (Å²) in [6.45, 7) is 1.24. The zero-order chi connectivity index (χ0) is 13.5. The highest BCUT2D eigenvalue weighted by atomic mass is 16.4. The number of carbonyl (C=O) groups is 2. The van der Waals surface area contributed by atoms with Crippen LogP contribution in [0.5, 0.6) is 0 Å². The fraction of sp³-hybridized carbons (Fsp3) is 0.385. The number of carboxylic acids is 1. The van der Waals surface area contributed by atoms with Gasteiger partial charge in [0.05, 0.1) is 0 Å². The molecule has 0 radical (unpaired) electrons. The van der Waals surface area contributed by atoms with Crippen LogP contribution in [0.25, 0.3) is 0 Å². The fourth-order valence-electron chi connectivity index (χ4n) is 2.08. The molecule has 96 valence electrons. The molecule has 1 unspecified atom stereocenters. The molecule has 1 amide bonds. The minimum atomic E-state index is -1.91. The van der Waals surface area contributed by atoms with Gasteiger partial charge in [-0.2, -0.15) is 0 Å². The van der Waals surface area contributed by atoms with Gasteiger partial charge < -0.3 is 15.1 Å². The largest absolute Gasteiger partial charge is 0.479 e. The van der Waals surface area contributed by atoms with Crippen LogP contribution in [0.3, 0.4) is 0 Å². The first-order valence-corrected chi connectivity index (χ1v) is 5.70. The molecule has 0 aliphatic carbocycles. The number of carbonyl (C=O) groups excluding carboxylic acids is 1. The highest BCUT2D eigenvalue weighted by molar-refractivity contribution is 5.96. The molecule has 1 heterocycles. The highest BCUT2D eigenvalue weighted by Crippen LogP contribution is 2.31. The van der Waals surface area contributed by atoms with Crippen molar-refractivity contribution in [2.45, 2.75) is 25.4 Å². The van der Waals surface area contributed by atoms with Crippen molar-refractivity contribution in [1.82, 2.24) is 0 Å². The van der Waals surface area contributed by atoms with Gasteiger partial charge >= 0.3 is 5.97 Å². The van der Waals surface area contributed by atoms with E-state index < -0.39 is 11.6 Å². The highest BCUT2D eigenvalue weighted by Gasteiger charge is 2.33. The second-order valence-electron chi connectivity index (χ2n) is 4.67. The van der Waals surface area contributed by atoms with E-state index in [1.54, 1.807) is 30.1 Å². The van der Waals surface area contributed by atoms with Gasteiger partial charge in [-0.05, 0) is 30.5 Å². The molecule has 2 rings (SSSR count). The Morgan fingerprint density at radius 2 is 2.06 bits per heavy atom. The molecular formula is C13H15NO4. The van der Waals surface area contributed by atoms with E-state index in [4.69, 9.17) is 5.11 Å². The van der Waals surface area contributed by atoms with Gasteiger partial charge in [0, 0.05) is 19.2 Å². The van der Waals surface area contributed by atoms with Gasteiger partial charge in [0.15, 0.2) is 5.60 Å². The third kappa shape index (κ3) is 1.86. The van der Waals surface area contributed by atoms with Crippen LogP contribution in [0, 0.1) is 0 Å². The average molecular weight is 249 g/mol. The van der Waals surface area contributed by atoms with Crippen LogP contribution in [0.15, 0.2) is 18.2 Å². The Bertz CT molecular complexity index is 522. The van der Waals surface area contributed by atoms with E-state index in [-0.39, 0.29) is 5.91 Å². The number of hydrogen-bond acceptors (Lipinski definition) is 3. The van der Waals surface area contributed by atoms with E-state index in [1.165, 1.54) is 6.92 Å². The van der Waals surface area contributed by atoms with Crippen molar-refractivity contribution in [3.63, 3.8) is 0 Å². The summed E-state index contributed by atoms with van der Waals surface area (Å²) in [5.74, 6) is -1.25. The standard InChI is InChI=1S/C13H15NO4/c1-13(18,12(16)17)9-4-5-10-8(7-9)3-6-11(15)14(10)2/h4-5,7,18H,3,6H2,1-2H3,(H,16,17). The summed E-state index contributed by atoms with van der Waals surface area (Å²) in [6, 6.07) is 4.88. The van der Waals surface area contributed by atoms with Crippen LogP contribution in [-0.4, -0.2) is 29.1 Å². The summed E-state index contributed by atoms with van der Waals surface area (Å²) < 4.78 is 0. The van der Waals surface area contributed by atoms with E-state index in [1.807, 2.05) is 0 Å². The minimum Gasteiger partial charge on any atom is -0.479 e. The summed E-state index contributed by atoms with van der Waals surface area (Å²) in [4.78, 5) is 24.1.